The summed E-state index contributed by atoms with van der Waals surface area (Å²) in [5, 5.41) is 16.6. The molecule has 0 radical (unpaired) electrons. The molecule has 0 N–H and O–H groups in total. The smallest absolute Gasteiger partial charge is 0.258 e. The predicted octanol–water partition coefficient (Wildman–Crippen LogP) is 4.08. The Morgan fingerprint density at radius 2 is 2.05 bits per heavy atom. The van der Waals surface area contributed by atoms with Crippen LogP contribution >= 0.6 is 27.3 Å². The first kappa shape index (κ1) is 14.2. The van der Waals surface area contributed by atoms with E-state index in [4.69, 9.17) is 0 Å². The fourth-order valence-corrected chi connectivity index (χ4v) is 3.33. The monoisotopic (exact) mass is 366 g/mol. The van der Waals surface area contributed by atoms with Crippen LogP contribution in [0, 0.1) is 30.9 Å². The molecule has 0 atom stereocenters. The van der Waals surface area contributed by atoms with Crippen molar-refractivity contribution < 1.29 is 4.92 Å². The van der Waals surface area contributed by atoms with Crippen LogP contribution in [0.15, 0.2) is 16.6 Å². The third-order valence-corrected chi connectivity index (χ3v) is 5.30. The molecule has 0 aliphatic carbocycles. The van der Waals surface area contributed by atoms with Crippen LogP contribution in [0.2, 0.25) is 0 Å². The maximum absolute atomic E-state index is 11.4. The lowest BCUT2D eigenvalue weighted by Gasteiger charge is -2.05. The number of rotatable bonds is 2. The molecule has 0 fully saturated rings. The zero-order chi connectivity index (χ0) is 15.3. The summed E-state index contributed by atoms with van der Waals surface area (Å²) in [5.41, 5.74) is 2.83. The molecule has 0 unspecified atom stereocenters. The van der Waals surface area contributed by atoms with Crippen molar-refractivity contribution in [2.45, 2.75) is 20.8 Å². The Morgan fingerprint density at radius 3 is 2.62 bits per heavy atom. The maximum atomic E-state index is 11.4. The molecular formula is C13H11BrN4O2S. The average Bonchev–Trinajstić information content (AvgIpc) is 2.90. The number of nitro groups is 1. The van der Waals surface area contributed by atoms with Crippen LogP contribution in [0.25, 0.3) is 15.9 Å². The van der Waals surface area contributed by atoms with Gasteiger partial charge < -0.3 is 0 Å². The lowest BCUT2D eigenvalue weighted by Crippen LogP contribution is -2.03. The Morgan fingerprint density at radius 1 is 1.33 bits per heavy atom. The molecule has 108 valence electrons. The fourth-order valence-electron chi connectivity index (χ4n) is 2.24. The Bertz CT molecular complexity index is 884. The number of hydrogen-bond donors (Lipinski definition) is 0. The molecule has 6 nitrogen and oxygen atoms in total. The van der Waals surface area contributed by atoms with Crippen molar-refractivity contribution in [3.63, 3.8) is 0 Å². The second-order valence-corrected chi connectivity index (χ2v) is 6.72. The molecule has 3 aromatic rings. The molecule has 2 heterocycles. The first-order valence-electron chi connectivity index (χ1n) is 6.16. The van der Waals surface area contributed by atoms with Gasteiger partial charge in [0.2, 0.25) is 0 Å². The number of nitrogens with zero attached hydrogens (tertiary/aromatic N) is 4. The standard InChI is InChI=1S/C13H11BrN4O2S/c1-6-13(14)7(2)17(16-6)10-4-9-12(21-8(3)15-9)5-11(10)18(19)20/h4-5H,1-3H3. The molecule has 0 aliphatic heterocycles. The van der Waals surface area contributed by atoms with Gasteiger partial charge in [-0.05, 0) is 42.8 Å². The summed E-state index contributed by atoms with van der Waals surface area (Å²) in [6.45, 7) is 5.60. The SMILES string of the molecule is Cc1nc2cc(-n3nc(C)c(Br)c3C)c([N+](=O)[O-])cc2s1. The van der Waals surface area contributed by atoms with Crippen molar-refractivity contribution in [1.82, 2.24) is 14.8 Å². The van der Waals surface area contributed by atoms with Gasteiger partial charge in [-0.15, -0.1) is 11.3 Å². The highest BCUT2D eigenvalue weighted by atomic mass is 79.9. The Kier molecular flexibility index (Phi) is 3.29. The molecule has 0 saturated carbocycles. The van der Waals surface area contributed by atoms with E-state index in [1.165, 1.54) is 11.3 Å². The van der Waals surface area contributed by atoms with Crippen LogP contribution in [0.1, 0.15) is 16.4 Å². The van der Waals surface area contributed by atoms with Gasteiger partial charge in [-0.3, -0.25) is 10.1 Å². The summed E-state index contributed by atoms with van der Waals surface area (Å²) in [6, 6.07) is 3.29. The number of nitro benzene ring substituents is 1. The van der Waals surface area contributed by atoms with Crippen molar-refractivity contribution in [3.8, 4) is 5.69 Å². The molecule has 0 bridgehead atoms. The number of halogens is 1. The van der Waals surface area contributed by atoms with Crippen molar-refractivity contribution in [3.05, 3.63) is 43.1 Å². The number of hydrogen-bond acceptors (Lipinski definition) is 5. The van der Waals surface area contributed by atoms with Crippen molar-refractivity contribution in [2.24, 2.45) is 0 Å². The van der Waals surface area contributed by atoms with E-state index < -0.39 is 0 Å². The van der Waals surface area contributed by atoms with Crippen LogP contribution in [0.4, 0.5) is 5.69 Å². The van der Waals surface area contributed by atoms with Gasteiger partial charge in [0.15, 0.2) is 0 Å². The molecule has 0 saturated heterocycles. The molecule has 8 heteroatoms. The lowest BCUT2D eigenvalue weighted by atomic mass is 10.2. The lowest BCUT2D eigenvalue weighted by molar-refractivity contribution is -0.384. The van der Waals surface area contributed by atoms with Crippen molar-refractivity contribution in [1.29, 1.82) is 0 Å². The van der Waals surface area contributed by atoms with E-state index in [0.29, 0.717) is 5.69 Å². The molecule has 1 aromatic carbocycles. The molecule has 21 heavy (non-hydrogen) atoms. The van der Waals surface area contributed by atoms with Gasteiger partial charge in [-0.1, -0.05) is 0 Å². The van der Waals surface area contributed by atoms with Gasteiger partial charge in [0.05, 0.1) is 36.0 Å². The summed E-state index contributed by atoms with van der Waals surface area (Å²) in [4.78, 5) is 15.4. The quantitative estimate of drug-likeness (QED) is 0.505. The van der Waals surface area contributed by atoms with E-state index in [-0.39, 0.29) is 10.6 Å². The first-order valence-corrected chi connectivity index (χ1v) is 7.77. The summed E-state index contributed by atoms with van der Waals surface area (Å²) in [7, 11) is 0. The van der Waals surface area contributed by atoms with Crippen LogP contribution in [-0.4, -0.2) is 19.7 Å². The number of thiazole rings is 1. The zero-order valence-corrected chi connectivity index (χ0v) is 13.9. The van der Waals surface area contributed by atoms with Crippen LogP contribution < -0.4 is 0 Å². The van der Waals surface area contributed by atoms with E-state index in [2.05, 4.69) is 26.0 Å². The minimum Gasteiger partial charge on any atom is -0.258 e. The highest BCUT2D eigenvalue weighted by Crippen LogP contribution is 2.33. The van der Waals surface area contributed by atoms with E-state index in [1.807, 2.05) is 20.8 Å². The fraction of sp³-hybridized carbons (Fsp3) is 0.231. The largest absolute Gasteiger partial charge is 0.296 e. The Labute approximate surface area is 132 Å². The van der Waals surface area contributed by atoms with E-state index in [0.717, 1.165) is 31.1 Å². The van der Waals surface area contributed by atoms with Gasteiger partial charge in [-0.2, -0.15) is 5.10 Å². The number of aromatic nitrogens is 3. The van der Waals surface area contributed by atoms with Gasteiger partial charge in [-0.25, -0.2) is 9.67 Å². The second kappa shape index (κ2) is 4.88. The third kappa shape index (κ3) is 2.24. The minimum absolute atomic E-state index is 0.0317. The first-order chi connectivity index (χ1) is 9.88. The molecule has 0 amide bonds. The zero-order valence-electron chi connectivity index (χ0n) is 11.5. The minimum atomic E-state index is -0.381. The molecule has 2 aromatic heterocycles. The summed E-state index contributed by atoms with van der Waals surface area (Å²) >= 11 is 4.89. The Balaban J connectivity index is 2.36. The van der Waals surface area contributed by atoms with Gasteiger partial charge >= 0.3 is 0 Å². The summed E-state index contributed by atoms with van der Waals surface area (Å²) in [5.74, 6) is 0. The third-order valence-electron chi connectivity index (χ3n) is 3.22. The number of aryl methyl sites for hydroxylation is 2. The topological polar surface area (TPSA) is 73.8 Å². The maximum Gasteiger partial charge on any atom is 0.296 e. The molecule has 3 rings (SSSR count). The van der Waals surface area contributed by atoms with E-state index in [1.54, 1.807) is 16.8 Å². The highest BCUT2D eigenvalue weighted by Gasteiger charge is 2.22. The second-order valence-electron chi connectivity index (χ2n) is 4.70. The molecule has 0 spiro atoms. The highest BCUT2D eigenvalue weighted by molar-refractivity contribution is 9.10. The number of fused-ring (bicyclic) bond motifs is 1. The normalized spacial score (nSPS) is 11.2. The average molecular weight is 367 g/mol. The van der Waals surface area contributed by atoms with E-state index in [9.17, 15) is 10.1 Å². The molecular weight excluding hydrogens is 356 g/mol. The van der Waals surface area contributed by atoms with Crippen LogP contribution in [0.5, 0.6) is 0 Å². The van der Waals surface area contributed by atoms with Crippen molar-refractivity contribution in [2.75, 3.05) is 0 Å². The van der Waals surface area contributed by atoms with E-state index >= 15 is 0 Å². The van der Waals surface area contributed by atoms with Crippen LogP contribution in [0.3, 0.4) is 0 Å². The Hall–Kier alpha value is -1.80. The predicted molar refractivity (Wildman–Crippen MR) is 85.3 cm³/mol. The molecule has 0 aliphatic rings. The summed E-state index contributed by atoms with van der Waals surface area (Å²) in [6.07, 6.45) is 0. The van der Waals surface area contributed by atoms with Gasteiger partial charge in [0, 0.05) is 6.07 Å². The van der Waals surface area contributed by atoms with Crippen molar-refractivity contribution >= 4 is 43.2 Å². The van der Waals surface area contributed by atoms with Gasteiger partial charge in [0.25, 0.3) is 5.69 Å². The van der Waals surface area contributed by atoms with Crippen LogP contribution in [-0.2, 0) is 0 Å². The number of benzene rings is 1. The van der Waals surface area contributed by atoms with Gasteiger partial charge in [0.1, 0.15) is 5.69 Å². The summed E-state index contributed by atoms with van der Waals surface area (Å²) < 4.78 is 3.25.